The number of carboxylic acid groups (broad SMARTS) is 1. The Balaban J connectivity index is 1.31. The van der Waals surface area contributed by atoms with E-state index in [2.05, 4.69) is 11.4 Å². The Morgan fingerprint density at radius 3 is 2.24 bits per heavy atom. The van der Waals surface area contributed by atoms with Crippen molar-refractivity contribution in [3.8, 4) is 11.1 Å². The summed E-state index contributed by atoms with van der Waals surface area (Å²) in [6, 6.07) is 27.3. The number of nitrogens with zero attached hydrogens (tertiary/aromatic N) is 1. The van der Waals surface area contributed by atoms with Crippen LogP contribution in [0.3, 0.4) is 0 Å². The van der Waals surface area contributed by atoms with E-state index >= 15 is 0 Å². The van der Waals surface area contributed by atoms with Gasteiger partial charge in [0.2, 0.25) is 0 Å². The molecule has 5 nitrogen and oxygen atoms in total. The number of amides is 1. The molecule has 1 heterocycles. The number of hydrogen-bond acceptors (Lipinski definition) is 3. The molecule has 0 saturated carbocycles. The first-order valence-corrected chi connectivity index (χ1v) is 13.8. The number of halogens is 3. The van der Waals surface area contributed by atoms with E-state index in [0.717, 1.165) is 41.7 Å². The molecule has 0 bridgehead atoms. The Kier molecular flexibility index (Phi) is 8.45. The molecular weight excluding hydrogens is 541 g/mol. The number of aliphatic carboxylic acids is 1. The normalized spacial score (nSPS) is 17.5. The van der Waals surface area contributed by atoms with Crippen molar-refractivity contribution in [2.75, 3.05) is 18.4 Å². The summed E-state index contributed by atoms with van der Waals surface area (Å²) in [5, 5.41) is 12.4. The van der Waals surface area contributed by atoms with Crippen LogP contribution < -0.4 is 5.32 Å². The summed E-state index contributed by atoms with van der Waals surface area (Å²) in [6.07, 6.45) is -2.83. The Hall–Kier alpha value is -4.43. The summed E-state index contributed by atoms with van der Waals surface area (Å²) in [6.45, 7) is 2.70. The maximum absolute atomic E-state index is 13.2. The van der Waals surface area contributed by atoms with E-state index in [1.165, 1.54) is 12.1 Å². The number of benzene rings is 4. The van der Waals surface area contributed by atoms with Gasteiger partial charge in [-0.15, -0.1) is 0 Å². The summed E-state index contributed by atoms with van der Waals surface area (Å²) in [5.41, 5.74) is 4.65. The molecule has 5 rings (SSSR count). The predicted octanol–water partition coefficient (Wildman–Crippen LogP) is 7.94. The van der Waals surface area contributed by atoms with Crippen LogP contribution in [0.15, 0.2) is 97.1 Å². The second kappa shape index (κ2) is 12.2. The van der Waals surface area contributed by atoms with E-state index in [-0.39, 0.29) is 24.4 Å². The molecular formula is C34H31F3N2O3. The SMILES string of the molecule is Cc1ccccc1C1CC(c2ccc(NC(=O)c3ccccc3-c3ccc(C(F)(F)F)cc3)cc2)CCN1CC(=O)O. The highest BCUT2D eigenvalue weighted by molar-refractivity contribution is 6.08. The zero-order valence-corrected chi connectivity index (χ0v) is 23.1. The van der Waals surface area contributed by atoms with Crippen molar-refractivity contribution in [2.24, 2.45) is 0 Å². The molecule has 2 atom stereocenters. The monoisotopic (exact) mass is 572 g/mol. The van der Waals surface area contributed by atoms with Gasteiger partial charge >= 0.3 is 12.1 Å². The van der Waals surface area contributed by atoms with Crippen molar-refractivity contribution < 1.29 is 27.9 Å². The molecule has 42 heavy (non-hydrogen) atoms. The van der Waals surface area contributed by atoms with E-state index in [1.807, 2.05) is 54.3 Å². The maximum atomic E-state index is 13.2. The molecule has 4 aromatic carbocycles. The molecule has 216 valence electrons. The summed E-state index contributed by atoms with van der Waals surface area (Å²) in [5.74, 6) is -0.975. The van der Waals surface area contributed by atoms with Crippen molar-refractivity contribution in [1.29, 1.82) is 0 Å². The number of hydrogen-bond donors (Lipinski definition) is 2. The van der Waals surface area contributed by atoms with Crippen LogP contribution in [-0.4, -0.2) is 35.0 Å². The van der Waals surface area contributed by atoms with Crippen LogP contribution >= 0.6 is 0 Å². The standard InChI is InChI=1S/C34H31F3N2O3/c1-22-6-2-3-7-28(22)31-20-25(18-19-39(31)21-32(40)41)23-12-16-27(17-13-23)38-33(42)30-9-5-4-8-29(30)24-10-14-26(15-11-24)34(35,36)37/h2-17,25,31H,18-21H2,1H3,(H,38,42)(H,40,41). The van der Waals surface area contributed by atoms with Crippen LogP contribution in [0.2, 0.25) is 0 Å². The summed E-state index contributed by atoms with van der Waals surface area (Å²) < 4.78 is 39.0. The van der Waals surface area contributed by atoms with Crippen LogP contribution in [-0.2, 0) is 11.0 Å². The van der Waals surface area contributed by atoms with Gasteiger partial charge in [0.15, 0.2) is 0 Å². The summed E-state index contributed by atoms with van der Waals surface area (Å²) in [7, 11) is 0. The van der Waals surface area contributed by atoms with E-state index in [1.54, 1.807) is 24.3 Å². The maximum Gasteiger partial charge on any atom is 0.416 e. The van der Waals surface area contributed by atoms with Gasteiger partial charge in [0, 0.05) is 17.3 Å². The zero-order chi connectivity index (χ0) is 29.9. The van der Waals surface area contributed by atoms with E-state index in [9.17, 15) is 27.9 Å². The van der Waals surface area contributed by atoms with Crippen molar-refractivity contribution in [1.82, 2.24) is 4.90 Å². The predicted molar refractivity (Wildman–Crippen MR) is 156 cm³/mol. The Bertz CT molecular complexity index is 1570. The lowest BCUT2D eigenvalue weighted by Crippen LogP contribution is -2.39. The fourth-order valence-electron chi connectivity index (χ4n) is 5.77. The molecule has 1 amide bonds. The van der Waals surface area contributed by atoms with Crippen LogP contribution in [0.5, 0.6) is 0 Å². The lowest BCUT2D eigenvalue weighted by molar-refractivity contribution is -0.139. The number of alkyl halides is 3. The van der Waals surface area contributed by atoms with Crippen molar-refractivity contribution in [2.45, 2.75) is 37.9 Å². The van der Waals surface area contributed by atoms with Gasteiger partial charge in [-0.25, -0.2) is 0 Å². The molecule has 2 N–H and O–H groups in total. The van der Waals surface area contributed by atoms with E-state index in [0.29, 0.717) is 28.9 Å². The number of likely N-dealkylation sites (tertiary alicyclic amines) is 1. The number of carbonyl (C=O) groups is 2. The van der Waals surface area contributed by atoms with Crippen molar-refractivity contribution >= 4 is 17.6 Å². The number of carboxylic acids is 1. The fourth-order valence-corrected chi connectivity index (χ4v) is 5.77. The fraction of sp³-hybridized carbons (Fsp3) is 0.235. The van der Waals surface area contributed by atoms with E-state index < -0.39 is 17.7 Å². The minimum absolute atomic E-state index is 0.00929. The lowest BCUT2D eigenvalue weighted by Gasteiger charge is -2.39. The molecule has 1 fully saturated rings. The molecule has 8 heteroatoms. The number of aryl methyl sites for hydroxylation is 1. The Morgan fingerprint density at radius 2 is 1.57 bits per heavy atom. The Labute approximate surface area is 242 Å². The van der Waals surface area contributed by atoms with Gasteiger partial charge in [0.25, 0.3) is 5.91 Å². The van der Waals surface area contributed by atoms with Gasteiger partial charge in [0.05, 0.1) is 12.1 Å². The van der Waals surface area contributed by atoms with Gasteiger partial charge in [0.1, 0.15) is 0 Å². The van der Waals surface area contributed by atoms with Gasteiger partial charge < -0.3 is 10.4 Å². The third kappa shape index (κ3) is 6.55. The van der Waals surface area contributed by atoms with Crippen molar-refractivity contribution in [3.05, 3.63) is 125 Å². The lowest BCUT2D eigenvalue weighted by atomic mass is 9.82. The number of rotatable bonds is 7. The third-order valence-corrected chi connectivity index (χ3v) is 7.93. The Morgan fingerprint density at radius 1 is 0.905 bits per heavy atom. The second-order valence-electron chi connectivity index (χ2n) is 10.7. The molecule has 1 aliphatic rings. The van der Waals surface area contributed by atoms with Gasteiger partial charge in [-0.2, -0.15) is 13.2 Å². The second-order valence-corrected chi connectivity index (χ2v) is 10.7. The number of nitrogens with one attached hydrogen (secondary N) is 1. The highest BCUT2D eigenvalue weighted by atomic mass is 19.4. The molecule has 0 radical (unpaired) electrons. The summed E-state index contributed by atoms with van der Waals surface area (Å²) >= 11 is 0. The smallest absolute Gasteiger partial charge is 0.416 e. The molecule has 1 saturated heterocycles. The average molecular weight is 573 g/mol. The highest BCUT2D eigenvalue weighted by Crippen LogP contribution is 2.40. The topological polar surface area (TPSA) is 69.6 Å². The van der Waals surface area contributed by atoms with Crippen LogP contribution in [0, 0.1) is 6.92 Å². The zero-order valence-electron chi connectivity index (χ0n) is 23.1. The molecule has 1 aliphatic heterocycles. The third-order valence-electron chi connectivity index (χ3n) is 7.93. The van der Waals surface area contributed by atoms with Crippen LogP contribution in [0.4, 0.5) is 18.9 Å². The quantitative estimate of drug-likeness (QED) is 0.236. The minimum atomic E-state index is -4.43. The molecule has 0 spiro atoms. The number of anilines is 1. The molecule has 0 aromatic heterocycles. The van der Waals surface area contributed by atoms with Gasteiger partial charge in [-0.3, -0.25) is 14.5 Å². The first kappa shape index (κ1) is 29.1. The highest BCUT2D eigenvalue weighted by Gasteiger charge is 2.32. The molecule has 4 aromatic rings. The largest absolute Gasteiger partial charge is 0.480 e. The minimum Gasteiger partial charge on any atom is -0.480 e. The number of piperidine rings is 1. The summed E-state index contributed by atoms with van der Waals surface area (Å²) in [4.78, 5) is 26.8. The van der Waals surface area contributed by atoms with Crippen LogP contribution in [0.25, 0.3) is 11.1 Å². The first-order valence-electron chi connectivity index (χ1n) is 13.8. The first-order chi connectivity index (χ1) is 20.1. The van der Waals surface area contributed by atoms with Gasteiger partial charge in [-0.1, -0.05) is 66.7 Å². The number of carbonyl (C=O) groups excluding carboxylic acids is 1. The molecule has 0 aliphatic carbocycles. The van der Waals surface area contributed by atoms with Crippen LogP contribution in [0.1, 0.15) is 57.4 Å². The van der Waals surface area contributed by atoms with E-state index in [4.69, 9.17) is 0 Å². The molecule has 2 unspecified atom stereocenters. The van der Waals surface area contributed by atoms with Gasteiger partial charge in [-0.05, 0) is 90.4 Å². The average Bonchev–Trinajstić information content (AvgIpc) is 2.97. The van der Waals surface area contributed by atoms with Crippen molar-refractivity contribution in [3.63, 3.8) is 0 Å².